The molecule has 0 bridgehead atoms. The van der Waals surface area contributed by atoms with Crippen molar-refractivity contribution in [3.63, 3.8) is 0 Å². The van der Waals surface area contributed by atoms with E-state index in [9.17, 15) is 0 Å². The Balaban J connectivity index is 1.08. The van der Waals surface area contributed by atoms with Gasteiger partial charge in [-0.05, 0) is 65.7 Å². The molecule has 12 rings (SSSR count). The van der Waals surface area contributed by atoms with Crippen molar-refractivity contribution in [3.8, 4) is 51.0 Å². The highest BCUT2D eigenvalue weighted by Gasteiger charge is 2.21. The fraction of sp³-hybridized carbons (Fsp3) is 0. The number of nitrogens with zero attached hydrogens (tertiary/aromatic N) is 4. The third kappa shape index (κ3) is 4.94. The summed E-state index contributed by atoms with van der Waals surface area (Å²) in [5, 5.41) is 6.34. The highest BCUT2D eigenvalue weighted by molar-refractivity contribution is 6.15. The second kappa shape index (κ2) is 12.3. The van der Waals surface area contributed by atoms with E-state index in [1.54, 1.807) is 0 Å². The van der Waals surface area contributed by atoms with Crippen LogP contribution in [0, 0.1) is 0 Å². The zero-order valence-corrected chi connectivity index (χ0v) is 30.4. The quantitative estimate of drug-likeness (QED) is 0.176. The lowest BCUT2D eigenvalue weighted by molar-refractivity contribution is 0.668. The molecule has 12 aromatic rings. The van der Waals surface area contributed by atoms with Crippen LogP contribution in [0.25, 0.3) is 117 Å². The van der Waals surface area contributed by atoms with Gasteiger partial charge in [-0.15, -0.1) is 0 Å². The molecule has 0 radical (unpaired) electrons. The lowest BCUT2D eigenvalue weighted by atomic mass is 10.0. The van der Waals surface area contributed by atoms with Crippen LogP contribution in [0.5, 0.6) is 0 Å². The largest absolute Gasteiger partial charge is 0.456 e. The van der Waals surface area contributed by atoms with Gasteiger partial charge in [0.15, 0.2) is 17.5 Å². The van der Waals surface area contributed by atoms with E-state index < -0.39 is 0 Å². The summed E-state index contributed by atoms with van der Waals surface area (Å²) in [5.74, 6) is 1.71. The third-order valence-corrected chi connectivity index (χ3v) is 11.1. The first-order chi connectivity index (χ1) is 28.2. The standard InChI is InChI=1S/C51H30N4O2/c1-3-13-31(14-4-1)33-25-27-37-46(29-33)57-44-23-11-19-38(47(37)44)50-52-49(32-15-5-2-6-16-32)53-51(54-50)39-20-12-24-45-48(39)40-30-34(26-28-43(40)56-45)55-41-21-9-7-17-35(41)36-18-8-10-22-42(36)55/h1-30H. The van der Waals surface area contributed by atoms with Crippen LogP contribution in [0.4, 0.5) is 0 Å². The molecule has 0 N–H and O–H groups in total. The summed E-state index contributed by atoms with van der Waals surface area (Å²) in [6, 6.07) is 62.6. The van der Waals surface area contributed by atoms with Crippen molar-refractivity contribution in [2.24, 2.45) is 0 Å². The molecular formula is C51H30N4O2. The second-order valence-corrected chi connectivity index (χ2v) is 14.4. The summed E-state index contributed by atoms with van der Waals surface area (Å²) in [4.78, 5) is 15.6. The maximum absolute atomic E-state index is 6.54. The van der Waals surface area contributed by atoms with Gasteiger partial charge in [0.05, 0.1) is 11.0 Å². The average molecular weight is 731 g/mol. The van der Waals surface area contributed by atoms with E-state index >= 15 is 0 Å². The van der Waals surface area contributed by atoms with E-state index in [-0.39, 0.29) is 0 Å². The predicted octanol–water partition coefficient (Wildman–Crippen LogP) is 13.4. The fourth-order valence-corrected chi connectivity index (χ4v) is 8.50. The number of furan rings is 2. The molecule has 8 aromatic carbocycles. The van der Waals surface area contributed by atoms with Crippen LogP contribution in [0.3, 0.4) is 0 Å². The fourth-order valence-electron chi connectivity index (χ4n) is 8.50. The Bertz CT molecular complexity index is 3470. The van der Waals surface area contributed by atoms with E-state index in [2.05, 4.69) is 126 Å². The van der Waals surface area contributed by atoms with Gasteiger partial charge in [-0.3, -0.25) is 0 Å². The molecule has 0 saturated carbocycles. The Morgan fingerprint density at radius 3 is 1.56 bits per heavy atom. The zero-order valence-electron chi connectivity index (χ0n) is 30.4. The molecule has 0 atom stereocenters. The first-order valence-electron chi connectivity index (χ1n) is 19.0. The molecule has 4 aromatic heterocycles. The van der Waals surface area contributed by atoms with Crippen molar-refractivity contribution in [3.05, 3.63) is 182 Å². The molecule has 6 nitrogen and oxygen atoms in total. The smallest absolute Gasteiger partial charge is 0.164 e. The maximum Gasteiger partial charge on any atom is 0.164 e. The lowest BCUT2D eigenvalue weighted by Crippen LogP contribution is -2.00. The number of fused-ring (bicyclic) bond motifs is 9. The third-order valence-electron chi connectivity index (χ3n) is 11.1. The van der Waals surface area contributed by atoms with Crippen molar-refractivity contribution in [1.82, 2.24) is 19.5 Å². The van der Waals surface area contributed by atoms with E-state index in [1.807, 2.05) is 60.7 Å². The van der Waals surface area contributed by atoms with Crippen molar-refractivity contribution >= 4 is 65.7 Å². The van der Waals surface area contributed by atoms with Crippen LogP contribution in [-0.2, 0) is 0 Å². The van der Waals surface area contributed by atoms with E-state index in [1.165, 1.54) is 10.8 Å². The Hall–Kier alpha value is -7.83. The van der Waals surface area contributed by atoms with Gasteiger partial charge in [-0.25, -0.2) is 15.0 Å². The van der Waals surface area contributed by atoms with Crippen molar-refractivity contribution < 1.29 is 8.83 Å². The SMILES string of the molecule is c1ccc(-c2ccc3c(c2)oc2cccc(-c4nc(-c5ccccc5)nc(-c5cccc6oc7ccc(-n8c9ccccc9c9ccccc98)cc7c56)n4)c23)cc1. The number of rotatable bonds is 5. The van der Waals surface area contributed by atoms with Gasteiger partial charge in [0.2, 0.25) is 0 Å². The van der Waals surface area contributed by atoms with Crippen LogP contribution >= 0.6 is 0 Å². The molecule has 0 aliphatic heterocycles. The first-order valence-corrected chi connectivity index (χ1v) is 19.0. The Morgan fingerprint density at radius 1 is 0.333 bits per heavy atom. The van der Waals surface area contributed by atoms with Crippen molar-refractivity contribution in [2.75, 3.05) is 0 Å². The second-order valence-electron chi connectivity index (χ2n) is 14.4. The number of para-hydroxylation sites is 2. The van der Waals surface area contributed by atoms with E-state index in [0.717, 1.165) is 88.4 Å². The predicted molar refractivity (Wildman–Crippen MR) is 230 cm³/mol. The number of hydrogen-bond donors (Lipinski definition) is 0. The summed E-state index contributed by atoms with van der Waals surface area (Å²) in [6.45, 7) is 0. The number of aromatic nitrogens is 4. The van der Waals surface area contributed by atoms with Gasteiger partial charge < -0.3 is 13.4 Å². The summed E-state index contributed by atoms with van der Waals surface area (Å²) < 4.78 is 15.4. The molecule has 0 saturated heterocycles. The summed E-state index contributed by atoms with van der Waals surface area (Å²) in [6.07, 6.45) is 0. The van der Waals surface area contributed by atoms with Crippen LogP contribution in [-0.4, -0.2) is 19.5 Å². The van der Waals surface area contributed by atoms with E-state index in [4.69, 9.17) is 23.8 Å². The summed E-state index contributed by atoms with van der Waals surface area (Å²) in [5.41, 5.74) is 11.4. The molecule has 6 heteroatoms. The molecule has 0 unspecified atom stereocenters. The molecule has 0 aliphatic carbocycles. The molecule has 0 fully saturated rings. The number of hydrogen-bond acceptors (Lipinski definition) is 5. The average Bonchev–Trinajstić information content (AvgIpc) is 3.96. The van der Waals surface area contributed by atoms with Gasteiger partial charge in [-0.2, -0.15) is 0 Å². The van der Waals surface area contributed by atoms with Crippen molar-refractivity contribution in [1.29, 1.82) is 0 Å². The van der Waals surface area contributed by atoms with Gasteiger partial charge in [-0.1, -0.05) is 127 Å². The topological polar surface area (TPSA) is 69.9 Å². The van der Waals surface area contributed by atoms with E-state index in [0.29, 0.717) is 17.5 Å². The zero-order chi connectivity index (χ0) is 37.5. The van der Waals surface area contributed by atoms with Gasteiger partial charge in [0.25, 0.3) is 0 Å². The summed E-state index contributed by atoms with van der Waals surface area (Å²) in [7, 11) is 0. The monoisotopic (exact) mass is 730 g/mol. The van der Waals surface area contributed by atoms with Crippen LogP contribution < -0.4 is 0 Å². The van der Waals surface area contributed by atoms with Crippen LogP contribution in [0.15, 0.2) is 191 Å². The minimum absolute atomic E-state index is 0.561. The normalized spacial score (nSPS) is 11.9. The highest BCUT2D eigenvalue weighted by Crippen LogP contribution is 2.41. The molecule has 0 amide bonds. The van der Waals surface area contributed by atoms with Crippen molar-refractivity contribution in [2.45, 2.75) is 0 Å². The molecule has 266 valence electrons. The molecular weight excluding hydrogens is 701 g/mol. The van der Waals surface area contributed by atoms with Gasteiger partial charge in [0.1, 0.15) is 22.3 Å². The Kier molecular flexibility index (Phi) is 6.83. The van der Waals surface area contributed by atoms with Crippen LogP contribution in [0.1, 0.15) is 0 Å². The Labute approximate surface area is 325 Å². The molecule has 0 spiro atoms. The molecule has 0 aliphatic rings. The molecule has 4 heterocycles. The van der Waals surface area contributed by atoms with Crippen LogP contribution in [0.2, 0.25) is 0 Å². The molecule has 57 heavy (non-hydrogen) atoms. The number of benzene rings is 8. The maximum atomic E-state index is 6.54. The summed E-state index contributed by atoms with van der Waals surface area (Å²) >= 11 is 0. The lowest BCUT2D eigenvalue weighted by Gasteiger charge is -2.10. The Morgan fingerprint density at radius 2 is 0.895 bits per heavy atom. The first kappa shape index (κ1) is 31.5. The minimum atomic E-state index is 0.561. The highest BCUT2D eigenvalue weighted by atomic mass is 16.3. The van der Waals surface area contributed by atoms with Gasteiger partial charge >= 0.3 is 0 Å². The van der Waals surface area contributed by atoms with Gasteiger partial charge in [0, 0.05) is 54.7 Å². The minimum Gasteiger partial charge on any atom is -0.456 e.